The van der Waals surface area contributed by atoms with Crippen LogP contribution in [0, 0.1) is 0 Å². The number of amides is 1. The highest BCUT2D eigenvalue weighted by Gasteiger charge is 2.27. The second-order valence-corrected chi connectivity index (χ2v) is 7.56. The van der Waals surface area contributed by atoms with Crippen LogP contribution in [0.5, 0.6) is 11.5 Å². The highest BCUT2D eigenvalue weighted by Crippen LogP contribution is 2.28. The zero-order valence-corrected chi connectivity index (χ0v) is 17.3. The summed E-state index contributed by atoms with van der Waals surface area (Å²) in [5.41, 5.74) is 0.578. The molecule has 0 aliphatic carbocycles. The molecule has 0 radical (unpaired) electrons. The highest BCUT2D eigenvalue weighted by molar-refractivity contribution is 7.10. The average molecular weight is 406 g/mol. The number of hydrogen-bond donors (Lipinski definition) is 2. The molecule has 2 heterocycles. The third-order valence-electron chi connectivity index (χ3n) is 4.79. The van der Waals surface area contributed by atoms with Crippen LogP contribution in [0.25, 0.3) is 0 Å². The highest BCUT2D eigenvalue weighted by atomic mass is 32.1. The first-order valence-electron chi connectivity index (χ1n) is 9.86. The maximum absolute atomic E-state index is 12.8. The van der Waals surface area contributed by atoms with Crippen molar-refractivity contribution in [3.8, 4) is 11.5 Å². The van der Waals surface area contributed by atoms with E-state index in [-0.39, 0.29) is 11.9 Å². The topological polar surface area (TPSA) is 61.2 Å². The summed E-state index contributed by atoms with van der Waals surface area (Å²) in [4.78, 5) is 15.5. The van der Waals surface area contributed by atoms with Gasteiger partial charge in [0.25, 0.3) is 5.91 Å². The fourth-order valence-electron chi connectivity index (χ4n) is 3.41. The molecule has 0 spiro atoms. The first-order chi connectivity index (χ1) is 13.7. The van der Waals surface area contributed by atoms with Crippen LogP contribution in [0.2, 0.25) is 0 Å². The second-order valence-electron chi connectivity index (χ2n) is 6.58. The number of hydrogen-bond acceptors (Lipinski definition) is 5. The summed E-state index contributed by atoms with van der Waals surface area (Å²) >= 11 is 1.74. The largest absolute Gasteiger partial charge is 0.490 e. The molecular formula is C21H29N2O4S+. The summed E-state index contributed by atoms with van der Waals surface area (Å²) in [7, 11) is 0. The van der Waals surface area contributed by atoms with Crippen molar-refractivity contribution in [2.45, 2.75) is 19.9 Å². The Morgan fingerprint density at radius 2 is 1.93 bits per heavy atom. The van der Waals surface area contributed by atoms with E-state index in [1.807, 2.05) is 13.8 Å². The van der Waals surface area contributed by atoms with E-state index < -0.39 is 0 Å². The van der Waals surface area contributed by atoms with Gasteiger partial charge < -0.3 is 24.4 Å². The Morgan fingerprint density at radius 1 is 1.18 bits per heavy atom. The predicted molar refractivity (Wildman–Crippen MR) is 110 cm³/mol. The molecule has 1 aliphatic rings. The van der Waals surface area contributed by atoms with Crippen LogP contribution >= 0.6 is 11.3 Å². The number of quaternary nitrogens is 1. The quantitative estimate of drug-likeness (QED) is 0.669. The molecule has 1 aromatic carbocycles. The molecule has 2 N–H and O–H groups in total. The number of rotatable bonds is 9. The minimum absolute atomic E-state index is 0.0989. The van der Waals surface area contributed by atoms with Crippen LogP contribution in [0.3, 0.4) is 0 Å². The van der Waals surface area contributed by atoms with Gasteiger partial charge in [-0.05, 0) is 43.5 Å². The Morgan fingerprint density at radius 3 is 2.61 bits per heavy atom. The molecule has 2 aromatic rings. The van der Waals surface area contributed by atoms with E-state index in [1.165, 1.54) is 9.78 Å². The number of carbonyl (C=O) groups excluding carboxylic acids is 1. The van der Waals surface area contributed by atoms with Gasteiger partial charge in [0.1, 0.15) is 19.1 Å². The van der Waals surface area contributed by atoms with Crippen LogP contribution in [-0.4, -0.2) is 52.0 Å². The van der Waals surface area contributed by atoms with Gasteiger partial charge in [-0.3, -0.25) is 4.79 Å². The van der Waals surface area contributed by atoms with Gasteiger partial charge in [-0.2, -0.15) is 0 Å². The Hall–Kier alpha value is -2.09. The van der Waals surface area contributed by atoms with Gasteiger partial charge in [-0.25, -0.2) is 0 Å². The van der Waals surface area contributed by atoms with Gasteiger partial charge in [0.2, 0.25) is 0 Å². The summed E-state index contributed by atoms with van der Waals surface area (Å²) in [5.74, 6) is 1.17. The Balaban J connectivity index is 1.69. The lowest BCUT2D eigenvalue weighted by molar-refractivity contribution is -0.937. The molecule has 0 unspecified atom stereocenters. The normalized spacial score (nSPS) is 15.8. The number of ether oxygens (including phenoxy) is 3. The lowest BCUT2D eigenvalue weighted by Crippen LogP contribution is -3.15. The molecule has 152 valence electrons. The molecule has 7 heteroatoms. The van der Waals surface area contributed by atoms with Crippen LogP contribution in [0.4, 0.5) is 0 Å². The lowest BCUT2D eigenvalue weighted by atomic mass is 10.1. The van der Waals surface area contributed by atoms with E-state index in [4.69, 9.17) is 14.2 Å². The van der Waals surface area contributed by atoms with Gasteiger partial charge in [0, 0.05) is 5.56 Å². The van der Waals surface area contributed by atoms with Crippen molar-refractivity contribution < 1.29 is 23.9 Å². The summed E-state index contributed by atoms with van der Waals surface area (Å²) in [6, 6.07) is 9.79. The Labute approximate surface area is 170 Å². The Kier molecular flexibility index (Phi) is 7.71. The van der Waals surface area contributed by atoms with Gasteiger partial charge >= 0.3 is 0 Å². The zero-order valence-electron chi connectivity index (χ0n) is 16.5. The monoisotopic (exact) mass is 405 g/mol. The maximum Gasteiger partial charge on any atom is 0.251 e. The van der Waals surface area contributed by atoms with Crippen molar-refractivity contribution in [3.63, 3.8) is 0 Å². The third-order valence-corrected chi connectivity index (χ3v) is 5.77. The second kappa shape index (κ2) is 10.5. The van der Waals surface area contributed by atoms with E-state index in [1.54, 1.807) is 29.5 Å². The Bertz CT molecular complexity index is 745. The van der Waals surface area contributed by atoms with Crippen molar-refractivity contribution in [1.82, 2.24) is 5.32 Å². The van der Waals surface area contributed by atoms with Crippen LogP contribution < -0.4 is 19.7 Å². The molecule has 1 atom stereocenters. The number of morpholine rings is 1. The van der Waals surface area contributed by atoms with Gasteiger partial charge in [0.05, 0.1) is 37.8 Å². The first kappa shape index (κ1) is 20.6. The maximum atomic E-state index is 12.8. The average Bonchev–Trinajstić information content (AvgIpc) is 3.25. The fourth-order valence-corrected chi connectivity index (χ4v) is 4.29. The number of thiophene rings is 1. The SMILES string of the molecule is CCOc1ccc(C(=O)NC[C@H](c2cccs2)[NH+]2CCOCC2)cc1OCC. The van der Waals surface area contributed by atoms with E-state index in [9.17, 15) is 4.79 Å². The molecular weight excluding hydrogens is 376 g/mol. The van der Waals surface area contributed by atoms with Gasteiger partial charge in [0.15, 0.2) is 11.5 Å². The number of carbonyl (C=O) groups is 1. The van der Waals surface area contributed by atoms with E-state index in [0.29, 0.717) is 36.8 Å². The molecule has 1 fully saturated rings. The van der Waals surface area contributed by atoms with Crippen LogP contribution in [0.15, 0.2) is 35.7 Å². The summed E-state index contributed by atoms with van der Waals surface area (Å²) in [6.45, 7) is 8.94. The van der Waals surface area contributed by atoms with Gasteiger partial charge in [-0.1, -0.05) is 6.07 Å². The molecule has 0 saturated carbocycles. The molecule has 6 nitrogen and oxygen atoms in total. The first-order valence-corrected chi connectivity index (χ1v) is 10.7. The molecule has 1 amide bonds. The fraction of sp³-hybridized carbons (Fsp3) is 0.476. The van der Waals surface area contributed by atoms with E-state index in [0.717, 1.165) is 26.3 Å². The van der Waals surface area contributed by atoms with Crippen molar-refractivity contribution in [3.05, 3.63) is 46.2 Å². The lowest BCUT2D eigenvalue weighted by Gasteiger charge is -2.31. The molecule has 1 aliphatic heterocycles. The predicted octanol–water partition coefficient (Wildman–Crippen LogP) is 1.93. The zero-order chi connectivity index (χ0) is 19.8. The minimum Gasteiger partial charge on any atom is -0.490 e. The van der Waals surface area contributed by atoms with Crippen LogP contribution in [-0.2, 0) is 4.74 Å². The number of benzene rings is 1. The van der Waals surface area contributed by atoms with E-state index >= 15 is 0 Å². The third kappa shape index (κ3) is 5.25. The van der Waals surface area contributed by atoms with Crippen molar-refractivity contribution >= 4 is 17.2 Å². The molecule has 0 bridgehead atoms. The number of nitrogens with one attached hydrogen (secondary N) is 2. The van der Waals surface area contributed by atoms with Crippen molar-refractivity contribution in [2.75, 3.05) is 46.1 Å². The minimum atomic E-state index is -0.0989. The van der Waals surface area contributed by atoms with Crippen molar-refractivity contribution in [2.24, 2.45) is 0 Å². The summed E-state index contributed by atoms with van der Waals surface area (Å²) < 4.78 is 16.7. The summed E-state index contributed by atoms with van der Waals surface area (Å²) in [5, 5.41) is 5.20. The summed E-state index contributed by atoms with van der Waals surface area (Å²) in [6.07, 6.45) is 0. The molecule has 1 aromatic heterocycles. The van der Waals surface area contributed by atoms with Gasteiger partial charge in [-0.15, -0.1) is 11.3 Å². The molecule has 3 rings (SSSR count). The van der Waals surface area contributed by atoms with E-state index in [2.05, 4.69) is 22.8 Å². The standard InChI is InChI=1S/C21H28N2O4S/c1-3-26-18-8-7-16(14-19(18)27-4-2)21(24)22-15-17(20-6-5-13-28-20)23-9-11-25-12-10-23/h5-8,13-14,17H,3-4,9-12,15H2,1-2H3,(H,22,24)/p+1/t17-/m1/s1. The molecule has 28 heavy (non-hydrogen) atoms. The van der Waals surface area contributed by atoms with Crippen LogP contribution in [0.1, 0.15) is 35.1 Å². The molecule has 1 saturated heterocycles. The smallest absolute Gasteiger partial charge is 0.251 e. The van der Waals surface area contributed by atoms with Crippen molar-refractivity contribution in [1.29, 1.82) is 0 Å².